The van der Waals surface area contributed by atoms with Crippen molar-refractivity contribution in [3.63, 3.8) is 0 Å². The highest BCUT2D eigenvalue weighted by molar-refractivity contribution is 5.92. The molecule has 0 saturated carbocycles. The molecule has 2 aliphatic rings. The van der Waals surface area contributed by atoms with Gasteiger partial charge in [-0.15, -0.1) is 0 Å². The van der Waals surface area contributed by atoms with Crippen molar-refractivity contribution in [2.75, 3.05) is 39.6 Å². The van der Waals surface area contributed by atoms with Crippen LogP contribution in [0.3, 0.4) is 0 Å². The van der Waals surface area contributed by atoms with Crippen molar-refractivity contribution in [1.29, 1.82) is 0 Å². The van der Waals surface area contributed by atoms with Gasteiger partial charge in [-0.2, -0.15) is 0 Å². The number of nitrogens with zero attached hydrogens (tertiary/aromatic N) is 2. The Hall–Kier alpha value is -5.32. The van der Waals surface area contributed by atoms with E-state index in [1.165, 1.54) is 0 Å². The van der Waals surface area contributed by atoms with Crippen LogP contribution >= 0.6 is 0 Å². The van der Waals surface area contributed by atoms with E-state index in [0.717, 1.165) is 47.2 Å². The van der Waals surface area contributed by atoms with Gasteiger partial charge < -0.3 is 28.4 Å². The van der Waals surface area contributed by atoms with Gasteiger partial charge in [-0.05, 0) is 96.8 Å². The monoisotopic (exact) mass is 648 g/mol. The fourth-order valence-electron chi connectivity index (χ4n) is 4.37. The minimum atomic E-state index is -0.406. The Morgan fingerprint density at radius 1 is 0.583 bits per heavy atom. The molecule has 0 amide bonds. The smallest absolute Gasteiger partial charge is 0.338 e. The molecule has 48 heavy (non-hydrogen) atoms. The largest absolute Gasteiger partial charge is 0.491 e. The van der Waals surface area contributed by atoms with Gasteiger partial charge in [0.2, 0.25) is 0 Å². The van der Waals surface area contributed by atoms with Crippen LogP contribution in [0.1, 0.15) is 44.7 Å². The maximum Gasteiger partial charge on any atom is 0.338 e. The lowest BCUT2D eigenvalue weighted by Crippen LogP contribution is -2.09. The van der Waals surface area contributed by atoms with E-state index in [1.807, 2.05) is 72.8 Å². The van der Waals surface area contributed by atoms with Crippen LogP contribution in [0.5, 0.6) is 11.5 Å². The number of rotatable bonds is 17. The number of benzene rings is 4. The Labute approximate surface area is 278 Å². The van der Waals surface area contributed by atoms with Crippen LogP contribution in [0.15, 0.2) is 107 Å². The van der Waals surface area contributed by atoms with Crippen LogP contribution in [0, 0.1) is 0 Å². The molecule has 0 spiro atoms. The molecule has 10 nitrogen and oxygen atoms in total. The van der Waals surface area contributed by atoms with Crippen molar-refractivity contribution in [1.82, 2.24) is 0 Å². The molecule has 2 atom stereocenters. The molecule has 2 fully saturated rings. The first-order valence-corrected chi connectivity index (χ1v) is 15.9. The third kappa shape index (κ3) is 10.6. The Morgan fingerprint density at radius 3 is 1.31 bits per heavy atom. The minimum absolute atomic E-state index is 0.216. The van der Waals surface area contributed by atoms with E-state index in [2.05, 4.69) is 9.98 Å². The fourth-order valence-corrected chi connectivity index (χ4v) is 4.37. The van der Waals surface area contributed by atoms with Crippen molar-refractivity contribution in [3.8, 4) is 11.5 Å². The Bertz CT molecular complexity index is 1570. The average molecular weight is 649 g/mol. The number of carbonyl (C=O) groups excluding carboxylic acids is 2. The number of hydrogen-bond acceptors (Lipinski definition) is 10. The summed E-state index contributed by atoms with van der Waals surface area (Å²) in [5.41, 5.74) is 4.21. The van der Waals surface area contributed by atoms with E-state index in [4.69, 9.17) is 28.4 Å². The highest BCUT2D eigenvalue weighted by Crippen LogP contribution is 2.21. The molecule has 4 aromatic carbocycles. The fraction of sp³-hybridized carbons (Fsp3) is 0.263. The molecule has 0 aromatic heterocycles. The van der Waals surface area contributed by atoms with E-state index < -0.39 is 11.9 Å². The van der Waals surface area contributed by atoms with Gasteiger partial charge in [0.1, 0.15) is 36.9 Å². The van der Waals surface area contributed by atoms with Crippen molar-refractivity contribution in [2.45, 2.75) is 25.0 Å². The predicted molar refractivity (Wildman–Crippen MR) is 181 cm³/mol. The Kier molecular flexibility index (Phi) is 11.2. The lowest BCUT2D eigenvalue weighted by atomic mass is 10.1. The number of unbranched alkanes of at least 4 members (excludes halogenated alkanes) is 1. The van der Waals surface area contributed by atoms with E-state index in [0.29, 0.717) is 37.2 Å². The van der Waals surface area contributed by atoms with Gasteiger partial charge in [-0.1, -0.05) is 24.3 Å². The van der Waals surface area contributed by atoms with E-state index in [9.17, 15) is 9.59 Å². The van der Waals surface area contributed by atoms with E-state index in [1.54, 1.807) is 36.7 Å². The average Bonchev–Trinajstić information content (AvgIpc) is 4.07. The number of ether oxygens (including phenoxy) is 6. The standard InChI is InChI=1S/C38H36N2O8/c41-37(29-7-3-27(4-8-29)21-39-31-11-15-33(16-12-31)45-23-35-25-47-35)43-19-1-2-20-44-38(42)30-9-5-28(6-10-30)22-40-32-13-17-34(18-14-32)46-24-36-26-48-36/h3-18,21-22,35-36H,1-2,19-20,23-26H2. The van der Waals surface area contributed by atoms with Crippen molar-refractivity contribution in [3.05, 3.63) is 119 Å². The summed E-state index contributed by atoms with van der Waals surface area (Å²) in [5, 5.41) is 0. The molecule has 2 saturated heterocycles. The molecule has 0 N–H and O–H groups in total. The molecule has 0 aliphatic carbocycles. The summed E-state index contributed by atoms with van der Waals surface area (Å²) < 4.78 is 32.3. The van der Waals surface area contributed by atoms with Crippen LogP contribution in [0.4, 0.5) is 11.4 Å². The molecule has 10 heteroatoms. The number of aliphatic imine (C=N–C) groups is 2. The third-order valence-electron chi connectivity index (χ3n) is 7.37. The Morgan fingerprint density at radius 2 is 0.958 bits per heavy atom. The molecule has 4 aromatic rings. The van der Waals surface area contributed by atoms with Gasteiger partial charge in [0.05, 0.1) is 48.9 Å². The van der Waals surface area contributed by atoms with Gasteiger partial charge in [0.25, 0.3) is 0 Å². The molecule has 2 aliphatic heterocycles. The van der Waals surface area contributed by atoms with Crippen molar-refractivity contribution < 1.29 is 38.0 Å². The molecular formula is C38H36N2O8. The summed E-state index contributed by atoms with van der Waals surface area (Å²) in [6.07, 6.45) is 5.04. The molecule has 2 heterocycles. The summed E-state index contributed by atoms with van der Waals surface area (Å²) in [4.78, 5) is 33.8. The quantitative estimate of drug-likeness (QED) is 0.0548. The number of hydrogen-bond donors (Lipinski definition) is 0. The van der Waals surface area contributed by atoms with Crippen LogP contribution in [0.25, 0.3) is 0 Å². The molecule has 0 radical (unpaired) electrons. The molecule has 0 bridgehead atoms. The second kappa shape index (κ2) is 16.5. The minimum Gasteiger partial charge on any atom is -0.491 e. The third-order valence-corrected chi connectivity index (χ3v) is 7.37. The first-order chi connectivity index (χ1) is 23.6. The van der Waals surface area contributed by atoms with Gasteiger partial charge in [0, 0.05) is 12.4 Å². The molecular weight excluding hydrogens is 612 g/mol. The summed E-state index contributed by atoms with van der Waals surface area (Å²) in [6, 6.07) is 29.1. The SMILES string of the molecule is O=C(OCCCCOC(=O)c1ccc(C=Nc2ccc(OCC3CO3)cc2)cc1)c1ccc(C=Nc2ccc(OCC3CO3)cc2)cc1. The topological polar surface area (TPSA) is 121 Å². The molecule has 6 rings (SSSR count). The number of esters is 2. The zero-order valence-corrected chi connectivity index (χ0v) is 26.4. The van der Waals surface area contributed by atoms with Gasteiger partial charge in [-0.25, -0.2) is 9.59 Å². The van der Waals surface area contributed by atoms with E-state index >= 15 is 0 Å². The highest BCUT2D eigenvalue weighted by Gasteiger charge is 2.23. The van der Waals surface area contributed by atoms with Gasteiger partial charge in [-0.3, -0.25) is 9.98 Å². The number of epoxide rings is 2. The van der Waals surface area contributed by atoms with Gasteiger partial charge >= 0.3 is 11.9 Å². The molecule has 246 valence electrons. The second-order valence-electron chi connectivity index (χ2n) is 11.3. The van der Waals surface area contributed by atoms with Crippen LogP contribution in [-0.4, -0.2) is 76.2 Å². The Balaban J connectivity index is 0.842. The summed E-state index contributed by atoms with van der Waals surface area (Å²) in [5.74, 6) is 0.749. The maximum atomic E-state index is 12.4. The highest BCUT2D eigenvalue weighted by atomic mass is 16.6. The van der Waals surface area contributed by atoms with Crippen molar-refractivity contribution >= 4 is 35.7 Å². The second-order valence-corrected chi connectivity index (χ2v) is 11.3. The van der Waals surface area contributed by atoms with Crippen LogP contribution < -0.4 is 9.47 Å². The maximum absolute atomic E-state index is 12.4. The number of carbonyl (C=O) groups is 2. The molecule has 2 unspecified atom stereocenters. The summed E-state index contributed by atoms with van der Waals surface area (Å²) >= 11 is 0. The van der Waals surface area contributed by atoms with Crippen LogP contribution in [0.2, 0.25) is 0 Å². The normalized spacial score (nSPS) is 16.5. The lowest BCUT2D eigenvalue weighted by Gasteiger charge is -2.07. The predicted octanol–water partition coefficient (Wildman–Crippen LogP) is 6.54. The van der Waals surface area contributed by atoms with Gasteiger partial charge in [0.15, 0.2) is 0 Å². The first kappa shape index (κ1) is 32.6. The zero-order chi connectivity index (χ0) is 33.0. The van der Waals surface area contributed by atoms with E-state index in [-0.39, 0.29) is 25.4 Å². The first-order valence-electron chi connectivity index (χ1n) is 15.9. The zero-order valence-electron chi connectivity index (χ0n) is 26.4. The van der Waals surface area contributed by atoms with Crippen LogP contribution in [-0.2, 0) is 18.9 Å². The van der Waals surface area contributed by atoms with Crippen molar-refractivity contribution in [2.24, 2.45) is 9.98 Å². The summed E-state index contributed by atoms with van der Waals surface area (Å²) in [7, 11) is 0. The lowest BCUT2D eigenvalue weighted by molar-refractivity contribution is 0.0432. The summed E-state index contributed by atoms with van der Waals surface area (Å²) in [6.45, 7) is 3.11.